The molecule has 0 aromatic carbocycles. The van der Waals surface area contributed by atoms with Crippen LogP contribution >= 0.6 is 0 Å². The first-order valence-corrected chi connectivity index (χ1v) is 5.19. The Morgan fingerprint density at radius 2 is 1.80 bits per heavy atom. The quantitative estimate of drug-likeness (QED) is 0.706. The van der Waals surface area contributed by atoms with Crippen LogP contribution in [0.3, 0.4) is 0 Å². The Balaban J connectivity index is 1.99. The summed E-state index contributed by atoms with van der Waals surface area (Å²) in [6.07, 6.45) is 5.51. The first-order chi connectivity index (χ1) is 7.25. The molecule has 4 nitrogen and oxygen atoms in total. The molecule has 0 bridgehead atoms. The van der Waals surface area contributed by atoms with Crippen molar-refractivity contribution in [3.8, 4) is 0 Å². The van der Waals surface area contributed by atoms with Gasteiger partial charge in [0.2, 0.25) is 5.91 Å². The molecular weight excluding hydrogens is 192 g/mol. The molecule has 0 N–H and O–H groups in total. The number of carbonyl (C=O) groups is 1. The Morgan fingerprint density at radius 3 is 2.40 bits per heavy atom. The van der Waals surface area contributed by atoms with Gasteiger partial charge >= 0.3 is 0 Å². The van der Waals surface area contributed by atoms with Crippen LogP contribution in [0.5, 0.6) is 0 Å². The summed E-state index contributed by atoms with van der Waals surface area (Å²) in [4.78, 5) is 24.5. The van der Waals surface area contributed by atoms with E-state index in [1.54, 1.807) is 17.0 Å². The monoisotopic (exact) mass is 206 g/mol. The number of carbonyl (C=O) groups excluding carboxylic acids is 1. The molecule has 0 unspecified atom stereocenters. The van der Waals surface area contributed by atoms with Gasteiger partial charge in [-0.2, -0.15) is 0 Å². The molecule has 1 aliphatic heterocycles. The van der Waals surface area contributed by atoms with Crippen LogP contribution in [0.2, 0.25) is 0 Å². The Labute approximate surface area is 88.1 Å². The molecule has 0 atom stereocenters. The molecule has 15 heavy (non-hydrogen) atoms. The number of aromatic nitrogens is 1. The first-order valence-electron chi connectivity index (χ1n) is 5.19. The molecule has 1 saturated heterocycles. The minimum atomic E-state index is -0.0279. The molecule has 0 saturated carbocycles. The van der Waals surface area contributed by atoms with Crippen molar-refractivity contribution in [2.75, 3.05) is 13.1 Å². The van der Waals surface area contributed by atoms with E-state index in [-0.39, 0.29) is 11.3 Å². The zero-order chi connectivity index (χ0) is 10.7. The van der Waals surface area contributed by atoms with Gasteiger partial charge in [-0.25, -0.2) is 0 Å². The third kappa shape index (κ3) is 2.46. The Morgan fingerprint density at radius 1 is 1.20 bits per heavy atom. The van der Waals surface area contributed by atoms with E-state index in [1.807, 2.05) is 4.90 Å². The molecular formula is C11H14N2O2. The molecule has 1 aliphatic rings. The highest BCUT2D eigenvalue weighted by Gasteiger charge is 2.17. The van der Waals surface area contributed by atoms with E-state index in [9.17, 15) is 9.59 Å². The smallest absolute Gasteiger partial charge is 0.242 e. The van der Waals surface area contributed by atoms with E-state index < -0.39 is 0 Å². The summed E-state index contributed by atoms with van der Waals surface area (Å²) < 4.78 is 1.74. The molecule has 0 spiro atoms. The average molecular weight is 206 g/mol. The fraction of sp³-hybridized carbons (Fsp3) is 0.455. The maximum absolute atomic E-state index is 11.7. The van der Waals surface area contributed by atoms with Gasteiger partial charge in [0.05, 0.1) is 0 Å². The summed E-state index contributed by atoms with van der Waals surface area (Å²) in [5, 5.41) is 0. The van der Waals surface area contributed by atoms with Crippen LogP contribution in [-0.4, -0.2) is 28.5 Å². The van der Waals surface area contributed by atoms with Crippen molar-refractivity contribution in [3.05, 3.63) is 34.7 Å². The maximum atomic E-state index is 11.7. The Bertz CT molecular complexity index is 385. The highest BCUT2D eigenvalue weighted by Crippen LogP contribution is 2.07. The van der Waals surface area contributed by atoms with E-state index in [0.29, 0.717) is 6.54 Å². The van der Waals surface area contributed by atoms with Crippen LogP contribution in [0.25, 0.3) is 0 Å². The minimum absolute atomic E-state index is 0.0279. The Kier molecular flexibility index (Phi) is 2.85. The second kappa shape index (κ2) is 4.29. The number of pyridine rings is 1. The van der Waals surface area contributed by atoms with Crippen molar-refractivity contribution >= 4 is 5.91 Å². The van der Waals surface area contributed by atoms with Crippen molar-refractivity contribution in [1.82, 2.24) is 9.47 Å². The third-order valence-corrected chi connectivity index (χ3v) is 2.64. The summed E-state index contributed by atoms with van der Waals surface area (Å²) in [5.74, 6) is 0.135. The molecule has 1 amide bonds. The topological polar surface area (TPSA) is 42.3 Å². The summed E-state index contributed by atoms with van der Waals surface area (Å²) in [7, 11) is 0. The zero-order valence-corrected chi connectivity index (χ0v) is 8.56. The molecule has 2 heterocycles. The number of likely N-dealkylation sites (tertiary alicyclic amines) is 1. The standard InChI is InChI=1S/C11H14N2O2/c14-10-3-7-12(8-4-10)9-11(15)13-5-1-2-6-13/h3-4,7-8H,1-2,5-6,9H2. The van der Waals surface area contributed by atoms with Crippen molar-refractivity contribution in [1.29, 1.82) is 0 Å². The van der Waals surface area contributed by atoms with Crippen LogP contribution in [0.4, 0.5) is 0 Å². The van der Waals surface area contributed by atoms with Crippen LogP contribution in [0, 0.1) is 0 Å². The average Bonchev–Trinajstić information content (AvgIpc) is 2.74. The number of rotatable bonds is 2. The Hall–Kier alpha value is -1.58. The molecule has 1 aromatic heterocycles. The van der Waals surface area contributed by atoms with E-state index in [1.165, 1.54) is 12.1 Å². The van der Waals surface area contributed by atoms with Crippen molar-refractivity contribution < 1.29 is 4.79 Å². The molecule has 1 fully saturated rings. The second-order valence-electron chi connectivity index (χ2n) is 3.79. The predicted octanol–water partition coefficient (Wildman–Crippen LogP) is 0.471. The fourth-order valence-electron chi connectivity index (χ4n) is 1.77. The molecule has 0 aliphatic carbocycles. The van der Waals surface area contributed by atoms with E-state index in [2.05, 4.69) is 0 Å². The summed E-state index contributed by atoms with van der Waals surface area (Å²) in [5.41, 5.74) is -0.0279. The predicted molar refractivity (Wildman–Crippen MR) is 56.5 cm³/mol. The third-order valence-electron chi connectivity index (χ3n) is 2.64. The van der Waals surface area contributed by atoms with Crippen molar-refractivity contribution in [3.63, 3.8) is 0 Å². The SMILES string of the molecule is O=C(Cn1ccc(=O)cc1)N1CCCC1. The molecule has 2 rings (SSSR count). The number of hydrogen-bond acceptors (Lipinski definition) is 2. The van der Waals surface area contributed by atoms with E-state index in [4.69, 9.17) is 0 Å². The summed E-state index contributed by atoms with van der Waals surface area (Å²) in [6, 6.07) is 2.94. The number of hydrogen-bond donors (Lipinski definition) is 0. The van der Waals surface area contributed by atoms with Crippen LogP contribution in [0.15, 0.2) is 29.3 Å². The van der Waals surface area contributed by atoms with Crippen molar-refractivity contribution in [2.24, 2.45) is 0 Å². The fourth-order valence-corrected chi connectivity index (χ4v) is 1.77. The lowest BCUT2D eigenvalue weighted by molar-refractivity contribution is -0.130. The zero-order valence-electron chi connectivity index (χ0n) is 8.56. The van der Waals surface area contributed by atoms with Gasteiger partial charge in [0.15, 0.2) is 5.43 Å². The van der Waals surface area contributed by atoms with Crippen molar-refractivity contribution in [2.45, 2.75) is 19.4 Å². The lowest BCUT2D eigenvalue weighted by Gasteiger charge is -2.15. The second-order valence-corrected chi connectivity index (χ2v) is 3.79. The van der Waals surface area contributed by atoms with Gasteiger partial charge in [-0.15, -0.1) is 0 Å². The molecule has 1 aromatic rings. The van der Waals surface area contributed by atoms with Gasteiger partial charge in [-0.1, -0.05) is 0 Å². The highest BCUT2D eigenvalue weighted by atomic mass is 16.2. The number of amides is 1. The highest BCUT2D eigenvalue weighted by molar-refractivity contribution is 5.76. The van der Waals surface area contributed by atoms with Gasteiger partial charge in [0.25, 0.3) is 0 Å². The van der Waals surface area contributed by atoms with Gasteiger partial charge < -0.3 is 9.47 Å². The van der Waals surface area contributed by atoms with Gasteiger partial charge in [0, 0.05) is 37.6 Å². The van der Waals surface area contributed by atoms with Gasteiger partial charge in [0.1, 0.15) is 6.54 Å². The van der Waals surface area contributed by atoms with Gasteiger partial charge in [-0.3, -0.25) is 9.59 Å². The lowest BCUT2D eigenvalue weighted by atomic mass is 10.4. The molecule has 80 valence electrons. The largest absolute Gasteiger partial charge is 0.345 e. The van der Waals surface area contributed by atoms with Gasteiger partial charge in [-0.05, 0) is 12.8 Å². The maximum Gasteiger partial charge on any atom is 0.242 e. The normalized spacial score (nSPS) is 15.6. The summed E-state index contributed by atoms with van der Waals surface area (Å²) >= 11 is 0. The van der Waals surface area contributed by atoms with E-state index in [0.717, 1.165) is 25.9 Å². The van der Waals surface area contributed by atoms with Crippen LogP contribution in [0.1, 0.15) is 12.8 Å². The minimum Gasteiger partial charge on any atom is -0.345 e. The first kappa shape index (κ1) is 9.96. The molecule has 0 radical (unpaired) electrons. The molecule has 4 heteroatoms. The lowest BCUT2D eigenvalue weighted by Crippen LogP contribution is -2.31. The van der Waals surface area contributed by atoms with Crippen LogP contribution < -0.4 is 5.43 Å². The van der Waals surface area contributed by atoms with Crippen LogP contribution in [-0.2, 0) is 11.3 Å². The van der Waals surface area contributed by atoms with E-state index >= 15 is 0 Å². The number of nitrogens with zero attached hydrogens (tertiary/aromatic N) is 2. The summed E-state index contributed by atoms with van der Waals surface area (Å²) in [6.45, 7) is 2.08.